The smallest absolute Gasteiger partial charge is 0.260 e. The molecule has 2 rings (SSSR count). The molecule has 0 saturated heterocycles. The van der Waals surface area contributed by atoms with Crippen molar-refractivity contribution in [3.63, 3.8) is 0 Å². The maximum Gasteiger partial charge on any atom is 0.260 e. The average Bonchev–Trinajstić information content (AvgIpc) is 2.30. The van der Waals surface area contributed by atoms with E-state index in [4.69, 9.17) is 22.1 Å². The molecule has 0 fully saturated rings. The van der Waals surface area contributed by atoms with Crippen molar-refractivity contribution in [1.82, 2.24) is 9.97 Å². The molecular weight excluding hydrogens is 331 g/mol. The standard InChI is InChI=1S/C10H5BrClF2N3O/c11-4-1-5(12)6(13)2-8(4)18-9-7(14)3-16-10(15)17-9/h1-3H,(H2,15,16,17). The van der Waals surface area contributed by atoms with E-state index in [1.165, 1.54) is 6.07 Å². The Labute approximate surface area is 114 Å². The monoisotopic (exact) mass is 335 g/mol. The first-order chi connectivity index (χ1) is 8.47. The number of nitrogens with two attached hydrogens (primary N) is 1. The number of hydrogen-bond donors (Lipinski definition) is 1. The quantitative estimate of drug-likeness (QED) is 0.852. The highest BCUT2D eigenvalue weighted by molar-refractivity contribution is 9.10. The number of hydrogen-bond acceptors (Lipinski definition) is 4. The second kappa shape index (κ2) is 5.03. The number of ether oxygens (including phenoxy) is 1. The maximum absolute atomic E-state index is 13.3. The molecule has 4 nitrogen and oxygen atoms in total. The second-order valence-corrected chi connectivity index (χ2v) is 4.44. The first-order valence-corrected chi connectivity index (χ1v) is 5.75. The molecule has 0 radical (unpaired) electrons. The molecule has 0 aliphatic heterocycles. The van der Waals surface area contributed by atoms with Crippen molar-refractivity contribution in [3.8, 4) is 11.6 Å². The Hall–Kier alpha value is -1.47. The number of rotatable bonds is 2. The Bertz CT molecular complexity index is 612. The number of halogens is 4. The van der Waals surface area contributed by atoms with Crippen LogP contribution in [0, 0.1) is 11.6 Å². The lowest BCUT2D eigenvalue weighted by atomic mass is 10.3. The Morgan fingerprint density at radius 3 is 2.72 bits per heavy atom. The summed E-state index contributed by atoms with van der Waals surface area (Å²) >= 11 is 8.67. The van der Waals surface area contributed by atoms with Gasteiger partial charge in [0.25, 0.3) is 5.88 Å². The number of anilines is 1. The van der Waals surface area contributed by atoms with Crippen LogP contribution in [0.5, 0.6) is 11.6 Å². The van der Waals surface area contributed by atoms with Crippen molar-refractivity contribution < 1.29 is 13.5 Å². The van der Waals surface area contributed by atoms with E-state index in [0.29, 0.717) is 4.47 Å². The van der Waals surface area contributed by atoms with Crippen molar-refractivity contribution in [2.24, 2.45) is 0 Å². The van der Waals surface area contributed by atoms with Gasteiger partial charge in [0.1, 0.15) is 11.6 Å². The van der Waals surface area contributed by atoms with Gasteiger partial charge in [0.05, 0.1) is 15.7 Å². The minimum absolute atomic E-state index is 0.0221. The Kier molecular flexibility index (Phi) is 3.63. The van der Waals surface area contributed by atoms with Crippen molar-refractivity contribution in [2.75, 3.05) is 5.73 Å². The van der Waals surface area contributed by atoms with Gasteiger partial charge in [-0.3, -0.25) is 0 Å². The number of aromatic nitrogens is 2. The van der Waals surface area contributed by atoms with E-state index in [1.807, 2.05) is 0 Å². The fraction of sp³-hybridized carbons (Fsp3) is 0. The summed E-state index contributed by atoms with van der Waals surface area (Å²) in [5.41, 5.74) is 5.30. The summed E-state index contributed by atoms with van der Waals surface area (Å²) in [6.45, 7) is 0. The predicted molar refractivity (Wildman–Crippen MR) is 65.6 cm³/mol. The summed E-state index contributed by atoms with van der Waals surface area (Å²) in [5.74, 6) is -2.04. The van der Waals surface area contributed by atoms with E-state index in [0.717, 1.165) is 12.3 Å². The summed E-state index contributed by atoms with van der Waals surface area (Å²) in [5, 5.41) is -0.0862. The van der Waals surface area contributed by atoms with E-state index in [-0.39, 0.29) is 16.7 Å². The first-order valence-electron chi connectivity index (χ1n) is 4.58. The van der Waals surface area contributed by atoms with Crippen LogP contribution in [0.3, 0.4) is 0 Å². The molecule has 0 unspecified atom stereocenters. The Morgan fingerprint density at radius 2 is 2.00 bits per heavy atom. The number of nitrogens with zero attached hydrogens (tertiary/aromatic N) is 2. The van der Waals surface area contributed by atoms with Crippen molar-refractivity contribution in [3.05, 3.63) is 39.5 Å². The Morgan fingerprint density at radius 1 is 1.28 bits per heavy atom. The minimum Gasteiger partial charge on any atom is -0.435 e. The average molecular weight is 337 g/mol. The van der Waals surface area contributed by atoms with E-state index >= 15 is 0 Å². The molecule has 1 heterocycles. The minimum atomic E-state index is -0.813. The van der Waals surface area contributed by atoms with Gasteiger partial charge < -0.3 is 10.5 Å². The first kappa shape index (κ1) is 13.0. The largest absolute Gasteiger partial charge is 0.435 e. The predicted octanol–water partition coefficient (Wildman–Crippen LogP) is 3.55. The SMILES string of the molecule is Nc1ncc(F)c(Oc2cc(F)c(Cl)cc2Br)n1. The lowest BCUT2D eigenvalue weighted by Crippen LogP contribution is -2.00. The van der Waals surface area contributed by atoms with E-state index in [2.05, 4.69) is 25.9 Å². The molecule has 2 N–H and O–H groups in total. The topological polar surface area (TPSA) is 61.0 Å². The number of nitrogen functional groups attached to an aromatic ring is 1. The molecule has 0 amide bonds. The second-order valence-electron chi connectivity index (χ2n) is 3.18. The summed E-state index contributed by atoms with van der Waals surface area (Å²) < 4.78 is 32.0. The third-order valence-electron chi connectivity index (χ3n) is 1.91. The van der Waals surface area contributed by atoms with Gasteiger partial charge in [-0.1, -0.05) is 11.6 Å². The van der Waals surface area contributed by atoms with E-state index in [9.17, 15) is 8.78 Å². The highest BCUT2D eigenvalue weighted by Gasteiger charge is 2.13. The molecule has 0 spiro atoms. The van der Waals surface area contributed by atoms with Crippen LogP contribution in [0.1, 0.15) is 0 Å². The van der Waals surface area contributed by atoms with E-state index in [1.54, 1.807) is 0 Å². The molecule has 0 bridgehead atoms. The highest BCUT2D eigenvalue weighted by atomic mass is 79.9. The van der Waals surface area contributed by atoms with Crippen LogP contribution >= 0.6 is 27.5 Å². The molecular formula is C10H5BrClF2N3O. The van der Waals surface area contributed by atoms with Crippen LogP contribution in [0.25, 0.3) is 0 Å². The molecule has 0 aliphatic rings. The van der Waals surface area contributed by atoms with Crippen LogP contribution in [0.4, 0.5) is 14.7 Å². The van der Waals surface area contributed by atoms with Gasteiger partial charge in [0, 0.05) is 6.07 Å². The van der Waals surface area contributed by atoms with Crippen LogP contribution in [-0.2, 0) is 0 Å². The molecule has 0 aliphatic carbocycles. The van der Waals surface area contributed by atoms with Gasteiger partial charge in [-0.05, 0) is 22.0 Å². The third kappa shape index (κ3) is 2.68. The molecule has 18 heavy (non-hydrogen) atoms. The zero-order valence-electron chi connectivity index (χ0n) is 8.62. The van der Waals surface area contributed by atoms with Gasteiger partial charge >= 0.3 is 0 Å². The third-order valence-corrected chi connectivity index (χ3v) is 2.82. The van der Waals surface area contributed by atoms with Gasteiger partial charge in [0.15, 0.2) is 0 Å². The van der Waals surface area contributed by atoms with Crippen LogP contribution in [-0.4, -0.2) is 9.97 Å². The summed E-state index contributed by atoms with van der Waals surface area (Å²) in [6, 6.07) is 2.29. The van der Waals surface area contributed by atoms with Crippen LogP contribution in [0.2, 0.25) is 5.02 Å². The summed E-state index contributed by atoms with van der Waals surface area (Å²) in [4.78, 5) is 6.99. The fourth-order valence-corrected chi connectivity index (χ4v) is 1.84. The summed E-state index contributed by atoms with van der Waals surface area (Å²) in [7, 11) is 0. The lowest BCUT2D eigenvalue weighted by molar-refractivity contribution is 0.416. The Balaban J connectivity index is 2.40. The zero-order valence-corrected chi connectivity index (χ0v) is 11.0. The maximum atomic E-state index is 13.3. The molecule has 2 aromatic rings. The number of benzene rings is 1. The van der Waals surface area contributed by atoms with Crippen LogP contribution in [0.15, 0.2) is 22.8 Å². The van der Waals surface area contributed by atoms with Crippen LogP contribution < -0.4 is 10.5 Å². The molecule has 94 valence electrons. The van der Waals surface area contributed by atoms with Crippen molar-refractivity contribution in [1.29, 1.82) is 0 Å². The van der Waals surface area contributed by atoms with Crippen molar-refractivity contribution >= 4 is 33.5 Å². The normalized spacial score (nSPS) is 10.4. The molecule has 0 atom stereocenters. The van der Waals surface area contributed by atoms with Gasteiger partial charge in [-0.2, -0.15) is 9.37 Å². The van der Waals surface area contributed by atoms with Gasteiger partial charge in [-0.15, -0.1) is 0 Å². The lowest BCUT2D eigenvalue weighted by Gasteiger charge is -2.08. The highest BCUT2D eigenvalue weighted by Crippen LogP contribution is 2.33. The van der Waals surface area contributed by atoms with Gasteiger partial charge in [-0.25, -0.2) is 9.37 Å². The summed E-state index contributed by atoms with van der Waals surface area (Å²) in [6.07, 6.45) is 0.859. The zero-order chi connectivity index (χ0) is 13.3. The molecule has 8 heteroatoms. The molecule has 1 aromatic carbocycles. The molecule has 0 saturated carbocycles. The van der Waals surface area contributed by atoms with E-state index < -0.39 is 17.5 Å². The van der Waals surface area contributed by atoms with Gasteiger partial charge in [0.2, 0.25) is 11.8 Å². The fourth-order valence-electron chi connectivity index (χ4n) is 1.12. The molecule has 1 aromatic heterocycles. The van der Waals surface area contributed by atoms with Crippen molar-refractivity contribution in [2.45, 2.75) is 0 Å².